The number of carbonyl (C=O) groups is 1. The molecule has 0 fully saturated rings. The fourth-order valence-electron chi connectivity index (χ4n) is 1.33. The number of amides is 1. The van der Waals surface area contributed by atoms with E-state index in [1.165, 1.54) is 18.3 Å². The lowest BCUT2D eigenvalue weighted by Gasteiger charge is -2.15. The van der Waals surface area contributed by atoms with Crippen LogP contribution in [0.3, 0.4) is 0 Å². The Kier molecular flexibility index (Phi) is 4.98. The predicted octanol–water partition coefficient (Wildman–Crippen LogP) is 0.317. The topological polar surface area (TPSA) is 113 Å². The van der Waals surface area contributed by atoms with Crippen LogP contribution in [0.4, 0.5) is 17.3 Å². The number of hydrogen-bond donors (Lipinski definition) is 2. The molecule has 1 heterocycles. The van der Waals surface area contributed by atoms with E-state index in [0.717, 1.165) is 0 Å². The molecule has 1 amide bonds. The van der Waals surface area contributed by atoms with Crippen molar-refractivity contribution in [2.45, 2.75) is 6.92 Å². The minimum atomic E-state index is -0.595. The summed E-state index contributed by atoms with van der Waals surface area (Å²) in [5.41, 5.74) is -0.281. The summed E-state index contributed by atoms with van der Waals surface area (Å²) in [5, 5.41) is 16.3. The summed E-state index contributed by atoms with van der Waals surface area (Å²) in [7, 11) is 3.17. The Balaban J connectivity index is 2.89. The van der Waals surface area contributed by atoms with E-state index in [2.05, 4.69) is 20.6 Å². The van der Waals surface area contributed by atoms with Gasteiger partial charge in [-0.15, -0.1) is 0 Å². The van der Waals surface area contributed by atoms with Crippen molar-refractivity contribution in [1.29, 1.82) is 0 Å². The second-order valence-corrected chi connectivity index (χ2v) is 3.69. The number of rotatable bonds is 6. The highest BCUT2D eigenvalue weighted by atomic mass is 16.6. The molecule has 0 saturated carbocycles. The molecule has 9 heteroatoms. The van der Waals surface area contributed by atoms with Gasteiger partial charge in [0.25, 0.3) is 0 Å². The van der Waals surface area contributed by atoms with E-state index < -0.39 is 4.92 Å². The van der Waals surface area contributed by atoms with Crippen molar-refractivity contribution in [3.8, 4) is 0 Å². The molecule has 104 valence electrons. The molecule has 0 saturated heterocycles. The molecule has 0 aliphatic heterocycles. The zero-order valence-electron chi connectivity index (χ0n) is 11.0. The van der Waals surface area contributed by atoms with Gasteiger partial charge in [0.15, 0.2) is 0 Å². The van der Waals surface area contributed by atoms with Gasteiger partial charge in [-0.05, 0) is 6.92 Å². The lowest BCUT2D eigenvalue weighted by Crippen LogP contribution is -2.32. The molecule has 2 N–H and O–H groups in total. The fourth-order valence-corrected chi connectivity index (χ4v) is 1.33. The molecule has 0 spiro atoms. The quantitative estimate of drug-likeness (QED) is 0.564. The first-order valence-corrected chi connectivity index (χ1v) is 5.66. The van der Waals surface area contributed by atoms with Crippen molar-refractivity contribution < 1.29 is 9.72 Å². The van der Waals surface area contributed by atoms with Crippen molar-refractivity contribution in [2.24, 2.45) is 0 Å². The number of likely N-dealkylation sites (N-methyl/N-ethyl adjacent to an activating group) is 1. The van der Waals surface area contributed by atoms with E-state index in [9.17, 15) is 14.9 Å². The van der Waals surface area contributed by atoms with Gasteiger partial charge in [0, 0.05) is 20.6 Å². The van der Waals surface area contributed by atoms with Crippen LogP contribution in [-0.2, 0) is 4.79 Å². The first-order valence-electron chi connectivity index (χ1n) is 5.66. The minimum absolute atomic E-state index is 0.0159. The number of nitro groups is 1. The molecule has 0 aliphatic carbocycles. The van der Waals surface area contributed by atoms with Crippen LogP contribution in [0, 0.1) is 10.1 Å². The molecular formula is C10H16N6O3. The highest BCUT2D eigenvalue weighted by molar-refractivity contribution is 5.81. The van der Waals surface area contributed by atoms with Crippen molar-refractivity contribution in [2.75, 3.05) is 37.8 Å². The Labute approximate surface area is 110 Å². The van der Waals surface area contributed by atoms with Crippen LogP contribution in [-0.4, -0.2) is 52.9 Å². The molecule has 0 atom stereocenters. The second kappa shape index (κ2) is 6.47. The third-order valence-corrected chi connectivity index (χ3v) is 2.55. The zero-order chi connectivity index (χ0) is 14.4. The van der Waals surface area contributed by atoms with E-state index in [0.29, 0.717) is 6.54 Å². The van der Waals surface area contributed by atoms with Gasteiger partial charge in [0.1, 0.15) is 6.33 Å². The molecule has 1 rings (SSSR count). The number of nitrogens with one attached hydrogen (secondary N) is 2. The third-order valence-electron chi connectivity index (χ3n) is 2.55. The number of aromatic nitrogens is 2. The summed E-state index contributed by atoms with van der Waals surface area (Å²) in [6.45, 7) is 2.34. The molecule has 9 nitrogen and oxygen atoms in total. The van der Waals surface area contributed by atoms with Gasteiger partial charge < -0.3 is 15.5 Å². The van der Waals surface area contributed by atoms with Crippen LogP contribution in [0.1, 0.15) is 6.92 Å². The molecule has 0 unspecified atom stereocenters. The molecular weight excluding hydrogens is 252 g/mol. The number of hydrogen-bond acceptors (Lipinski definition) is 7. The van der Waals surface area contributed by atoms with Crippen LogP contribution < -0.4 is 10.6 Å². The monoisotopic (exact) mass is 268 g/mol. The molecule has 19 heavy (non-hydrogen) atoms. The van der Waals surface area contributed by atoms with E-state index >= 15 is 0 Å². The third kappa shape index (κ3) is 3.50. The zero-order valence-corrected chi connectivity index (χ0v) is 11.0. The average Bonchev–Trinajstić information content (AvgIpc) is 2.42. The summed E-state index contributed by atoms with van der Waals surface area (Å²) < 4.78 is 0. The maximum Gasteiger partial charge on any atom is 0.353 e. The van der Waals surface area contributed by atoms with Crippen LogP contribution in [0.25, 0.3) is 0 Å². The van der Waals surface area contributed by atoms with Gasteiger partial charge in [0.2, 0.25) is 17.5 Å². The Bertz CT molecular complexity index is 478. The van der Waals surface area contributed by atoms with Gasteiger partial charge in [-0.1, -0.05) is 0 Å². The maximum absolute atomic E-state index is 11.6. The highest BCUT2D eigenvalue weighted by Crippen LogP contribution is 2.27. The number of carbonyl (C=O) groups excluding carboxylic acids is 1. The van der Waals surface area contributed by atoms with Gasteiger partial charge in [-0.3, -0.25) is 14.9 Å². The molecule has 0 aromatic carbocycles. The molecule has 0 aliphatic rings. The van der Waals surface area contributed by atoms with Gasteiger partial charge in [-0.25, -0.2) is 9.97 Å². The van der Waals surface area contributed by atoms with Gasteiger partial charge in [-0.2, -0.15) is 0 Å². The average molecular weight is 268 g/mol. The molecule has 0 bridgehead atoms. The van der Waals surface area contributed by atoms with Crippen LogP contribution in [0.2, 0.25) is 0 Å². The Hall–Kier alpha value is -2.45. The lowest BCUT2D eigenvalue weighted by atomic mass is 10.4. The summed E-state index contributed by atoms with van der Waals surface area (Å²) in [6, 6.07) is 0. The van der Waals surface area contributed by atoms with Gasteiger partial charge >= 0.3 is 5.69 Å². The SMILES string of the molecule is CCN(C)C(=O)CNc1ncnc(NC)c1[N+](=O)[O-]. The standard InChI is InChI=1S/C10H16N6O3/c1-4-15(3)7(17)5-12-10-8(16(18)19)9(11-2)13-6-14-10/h6H,4-5H2,1-3H3,(H2,11,12,13,14). The van der Waals surface area contributed by atoms with Crippen molar-refractivity contribution in [1.82, 2.24) is 14.9 Å². The smallest absolute Gasteiger partial charge is 0.353 e. The maximum atomic E-state index is 11.6. The Morgan fingerprint density at radius 2 is 2.11 bits per heavy atom. The first kappa shape index (κ1) is 14.6. The summed E-state index contributed by atoms with van der Waals surface area (Å²) >= 11 is 0. The van der Waals surface area contributed by atoms with Crippen LogP contribution in [0.5, 0.6) is 0 Å². The van der Waals surface area contributed by atoms with E-state index in [1.54, 1.807) is 7.05 Å². The number of nitrogens with zero attached hydrogens (tertiary/aromatic N) is 4. The van der Waals surface area contributed by atoms with Crippen molar-refractivity contribution in [3.05, 3.63) is 16.4 Å². The highest BCUT2D eigenvalue weighted by Gasteiger charge is 2.22. The van der Waals surface area contributed by atoms with Crippen LogP contribution in [0.15, 0.2) is 6.33 Å². The molecule has 0 radical (unpaired) electrons. The largest absolute Gasteiger partial charge is 0.367 e. The van der Waals surface area contributed by atoms with E-state index in [-0.39, 0.29) is 29.8 Å². The first-order chi connectivity index (χ1) is 9.01. The minimum Gasteiger partial charge on any atom is -0.367 e. The lowest BCUT2D eigenvalue weighted by molar-refractivity contribution is -0.383. The van der Waals surface area contributed by atoms with E-state index in [4.69, 9.17) is 0 Å². The number of anilines is 2. The fraction of sp³-hybridized carbons (Fsp3) is 0.500. The Morgan fingerprint density at radius 3 is 2.63 bits per heavy atom. The van der Waals surface area contributed by atoms with Crippen LogP contribution >= 0.6 is 0 Å². The van der Waals surface area contributed by atoms with Crippen molar-refractivity contribution >= 4 is 23.2 Å². The Morgan fingerprint density at radius 1 is 1.47 bits per heavy atom. The summed E-state index contributed by atoms with van der Waals surface area (Å²) in [6.07, 6.45) is 1.19. The van der Waals surface area contributed by atoms with Crippen molar-refractivity contribution in [3.63, 3.8) is 0 Å². The van der Waals surface area contributed by atoms with Gasteiger partial charge in [0.05, 0.1) is 11.5 Å². The predicted molar refractivity (Wildman–Crippen MR) is 70.0 cm³/mol. The molecule has 1 aromatic heterocycles. The summed E-state index contributed by atoms with van der Waals surface area (Å²) in [4.78, 5) is 31.1. The normalized spacial score (nSPS) is 9.84. The van der Waals surface area contributed by atoms with E-state index in [1.807, 2.05) is 6.92 Å². The second-order valence-electron chi connectivity index (χ2n) is 3.69. The molecule has 1 aromatic rings. The summed E-state index contributed by atoms with van der Waals surface area (Å²) in [5.74, 6) is -0.0672.